The van der Waals surface area contributed by atoms with Crippen molar-refractivity contribution in [2.75, 3.05) is 7.05 Å². The molecule has 0 amide bonds. The number of thioether (sulfide) groups is 1. The molecule has 2 rings (SSSR count). The first-order valence-electron chi connectivity index (χ1n) is 5.46. The Labute approximate surface area is 103 Å². The molecule has 94 valence electrons. The maximum absolute atomic E-state index is 12.6. The van der Waals surface area contributed by atoms with Crippen LogP contribution in [0.1, 0.15) is 18.1 Å². The summed E-state index contributed by atoms with van der Waals surface area (Å²) in [4.78, 5) is 0.977. The summed E-state index contributed by atoms with van der Waals surface area (Å²) in [5, 5.41) is 3.46. The van der Waals surface area contributed by atoms with Crippen LogP contribution >= 0.6 is 11.8 Å². The molecule has 1 aromatic carbocycles. The maximum Gasteiger partial charge on any atom is 0.416 e. The van der Waals surface area contributed by atoms with Crippen molar-refractivity contribution in [2.24, 2.45) is 0 Å². The molecule has 2 atom stereocenters. The van der Waals surface area contributed by atoms with Crippen molar-refractivity contribution in [1.82, 2.24) is 5.32 Å². The zero-order valence-electron chi connectivity index (χ0n) is 9.64. The highest BCUT2D eigenvalue weighted by molar-refractivity contribution is 8.00. The summed E-state index contributed by atoms with van der Waals surface area (Å²) in [5.74, 6) is 0. The largest absolute Gasteiger partial charge is 0.416 e. The van der Waals surface area contributed by atoms with E-state index in [2.05, 4.69) is 5.32 Å². The molecule has 1 heterocycles. The number of rotatable bonds is 2. The van der Waals surface area contributed by atoms with Crippen molar-refractivity contribution in [3.63, 3.8) is 0 Å². The first kappa shape index (κ1) is 12.8. The van der Waals surface area contributed by atoms with Crippen LogP contribution in [0, 0.1) is 0 Å². The quantitative estimate of drug-likeness (QED) is 0.876. The van der Waals surface area contributed by atoms with Crippen LogP contribution in [0.25, 0.3) is 0 Å². The van der Waals surface area contributed by atoms with Crippen molar-refractivity contribution in [1.29, 1.82) is 0 Å². The zero-order valence-corrected chi connectivity index (χ0v) is 10.5. The molecule has 0 bridgehead atoms. The summed E-state index contributed by atoms with van der Waals surface area (Å²) >= 11 is 1.66. The molecule has 0 saturated heterocycles. The predicted octanol–water partition coefficient (Wildman–Crippen LogP) is 3.33. The third kappa shape index (κ3) is 2.60. The lowest BCUT2D eigenvalue weighted by atomic mass is 10.0. The third-order valence-electron chi connectivity index (χ3n) is 3.10. The molecular weight excluding hydrogens is 247 g/mol. The Balaban J connectivity index is 2.22. The highest BCUT2D eigenvalue weighted by Crippen LogP contribution is 2.41. The fourth-order valence-electron chi connectivity index (χ4n) is 1.92. The normalized spacial score (nSPS) is 21.4. The molecule has 0 aliphatic carbocycles. The number of hydrogen-bond donors (Lipinski definition) is 1. The van der Waals surface area contributed by atoms with Gasteiger partial charge in [-0.1, -0.05) is 0 Å². The lowest BCUT2D eigenvalue weighted by molar-refractivity contribution is -0.137. The molecular formula is C12H14F3NS. The Morgan fingerprint density at radius 1 is 1.41 bits per heavy atom. The molecule has 1 N–H and O–H groups in total. The van der Waals surface area contributed by atoms with E-state index in [1.165, 1.54) is 6.07 Å². The van der Waals surface area contributed by atoms with Crippen molar-refractivity contribution in [3.05, 3.63) is 29.3 Å². The van der Waals surface area contributed by atoms with Crippen LogP contribution in [0.15, 0.2) is 23.1 Å². The van der Waals surface area contributed by atoms with Crippen LogP contribution in [0.4, 0.5) is 13.2 Å². The molecule has 2 unspecified atom stereocenters. The third-order valence-corrected chi connectivity index (χ3v) is 4.63. The van der Waals surface area contributed by atoms with Gasteiger partial charge in [-0.3, -0.25) is 0 Å². The summed E-state index contributed by atoms with van der Waals surface area (Å²) in [6.07, 6.45) is -3.54. The van der Waals surface area contributed by atoms with E-state index in [0.29, 0.717) is 17.7 Å². The lowest BCUT2D eigenvalue weighted by Gasteiger charge is -2.16. The average molecular weight is 261 g/mol. The van der Waals surface area contributed by atoms with E-state index in [1.54, 1.807) is 17.8 Å². The van der Waals surface area contributed by atoms with E-state index in [1.807, 2.05) is 14.0 Å². The van der Waals surface area contributed by atoms with Crippen molar-refractivity contribution < 1.29 is 13.2 Å². The molecule has 17 heavy (non-hydrogen) atoms. The first-order valence-corrected chi connectivity index (χ1v) is 6.34. The SMILES string of the molecule is CNC(C)C1Cc2cc(C(F)(F)F)ccc2S1. The van der Waals surface area contributed by atoms with Gasteiger partial charge in [-0.05, 0) is 44.2 Å². The van der Waals surface area contributed by atoms with Gasteiger partial charge >= 0.3 is 6.18 Å². The second-order valence-corrected chi connectivity index (χ2v) is 5.54. The minimum absolute atomic E-state index is 0.293. The Hall–Kier alpha value is -0.680. The Kier molecular flexibility index (Phi) is 3.41. The highest BCUT2D eigenvalue weighted by Gasteiger charge is 2.33. The molecule has 1 nitrogen and oxygen atoms in total. The van der Waals surface area contributed by atoms with Gasteiger partial charge in [0.1, 0.15) is 0 Å². The summed E-state index contributed by atoms with van der Waals surface area (Å²) < 4.78 is 37.7. The van der Waals surface area contributed by atoms with Crippen LogP contribution in [-0.2, 0) is 12.6 Å². The number of benzene rings is 1. The molecule has 1 aromatic rings. The fourth-order valence-corrected chi connectivity index (χ4v) is 3.29. The summed E-state index contributed by atoms with van der Waals surface area (Å²) in [5.41, 5.74) is 0.270. The predicted molar refractivity (Wildman–Crippen MR) is 63.3 cm³/mol. The van der Waals surface area contributed by atoms with E-state index in [9.17, 15) is 13.2 Å². The minimum atomic E-state index is -4.24. The molecule has 1 aliphatic rings. The first-order chi connectivity index (χ1) is 7.91. The molecule has 5 heteroatoms. The molecule has 0 saturated carbocycles. The van der Waals surface area contributed by atoms with E-state index in [-0.39, 0.29) is 0 Å². The Morgan fingerprint density at radius 3 is 2.71 bits per heavy atom. The van der Waals surface area contributed by atoms with E-state index in [0.717, 1.165) is 16.5 Å². The molecule has 0 aromatic heterocycles. The monoisotopic (exact) mass is 261 g/mol. The highest BCUT2D eigenvalue weighted by atomic mass is 32.2. The summed E-state index contributed by atoms with van der Waals surface area (Å²) in [6, 6.07) is 4.33. The lowest BCUT2D eigenvalue weighted by Crippen LogP contribution is -2.32. The van der Waals surface area contributed by atoms with Gasteiger partial charge in [0.2, 0.25) is 0 Å². The zero-order chi connectivity index (χ0) is 12.6. The van der Waals surface area contributed by atoms with Gasteiger partial charge in [-0.2, -0.15) is 13.2 Å². The number of halogens is 3. The van der Waals surface area contributed by atoms with Crippen LogP contribution in [0.2, 0.25) is 0 Å². The van der Waals surface area contributed by atoms with Crippen molar-refractivity contribution >= 4 is 11.8 Å². The molecule has 1 aliphatic heterocycles. The fraction of sp³-hybridized carbons (Fsp3) is 0.500. The number of hydrogen-bond acceptors (Lipinski definition) is 2. The number of alkyl halides is 3. The number of nitrogens with one attached hydrogen (secondary N) is 1. The maximum atomic E-state index is 12.6. The van der Waals surface area contributed by atoms with Gasteiger partial charge in [-0.25, -0.2) is 0 Å². The molecule has 0 fully saturated rings. The minimum Gasteiger partial charge on any atom is -0.316 e. The van der Waals surface area contributed by atoms with Gasteiger partial charge in [0, 0.05) is 16.2 Å². The van der Waals surface area contributed by atoms with Crippen LogP contribution in [-0.4, -0.2) is 18.3 Å². The van der Waals surface area contributed by atoms with Gasteiger partial charge in [-0.15, -0.1) is 11.8 Å². The van der Waals surface area contributed by atoms with Gasteiger partial charge in [0.15, 0.2) is 0 Å². The second kappa shape index (κ2) is 4.53. The van der Waals surface area contributed by atoms with E-state index >= 15 is 0 Å². The molecule has 0 spiro atoms. The van der Waals surface area contributed by atoms with Crippen molar-refractivity contribution in [3.8, 4) is 0 Å². The summed E-state index contributed by atoms with van der Waals surface area (Å²) in [7, 11) is 1.87. The Bertz CT molecular complexity index is 417. The number of fused-ring (bicyclic) bond motifs is 1. The topological polar surface area (TPSA) is 12.0 Å². The smallest absolute Gasteiger partial charge is 0.316 e. The van der Waals surface area contributed by atoms with E-state index < -0.39 is 11.7 Å². The van der Waals surface area contributed by atoms with Gasteiger partial charge in [0.25, 0.3) is 0 Å². The summed E-state index contributed by atoms with van der Waals surface area (Å²) in [6.45, 7) is 2.05. The Morgan fingerprint density at radius 2 is 2.12 bits per heavy atom. The van der Waals surface area contributed by atoms with Gasteiger partial charge < -0.3 is 5.32 Å². The van der Waals surface area contributed by atoms with Crippen molar-refractivity contribution in [2.45, 2.75) is 35.7 Å². The van der Waals surface area contributed by atoms with Crippen LogP contribution < -0.4 is 5.32 Å². The van der Waals surface area contributed by atoms with Crippen LogP contribution in [0.5, 0.6) is 0 Å². The standard InChI is InChI=1S/C12H14F3NS/c1-7(16-2)11-6-8-5-9(12(13,14)15)3-4-10(8)17-11/h3-5,7,11,16H,6H2,1-2H3. The van der Waals surface area contributed by atoms with Crippen LogP contribution in [0.3, 0.4) is 0 Å². The second-order valence-electron chi connectivity index (χ2n) is 4.26. The van der Waals surface area contributed by atoms with E-state index in [4.69, 9.17) is 0 Å². The molecule has 0 radical (unpaired) electrons. The van der Waals surface area contributed by atoms with Gasteiger partial charge in [0.05, 0.1) is 5.56 Å². The average Bonchev–Trinajstić information content (AvgIpc) is 2.69.